The molecule has 19 heavy (non-hydrogen) atoms. The molecule has 0 spiro atoms. The minimum atomic E-state index is -0.507. The van der Waals surface area contributed by atoms with Crippen molar-refractivity contribution in [3.8, 4) is 5.75 Å². The minimum Gasteiger partial charge on any atom is -0.408 e. The van der Waals surface area contributed by atoms with E-state index >= 15 is 0 Å². The van der Waals surface area contributed by atoms with Gasteiger partial charge in [0, 0.05) is 31.4 Å². The van der Waals surface area contributed by atoms with Crippen molar-refractivity contribution in [2.75, 3.05) is 24.7 Å². The molecule has 0 aliphatic rings. The number of benzene rings is 1. The first-order valence-corrected chi connectivity index (χ1v) is 6.17. The Kier molecular flexibility index (Phi) is 4.29. The van der Waals surface area contributed by atoms with Crippen molar-refractivity contribution in [1.82, 2.24) is 5.32 Å². The van der Waals surface area contributed by atoms with Crippen LogP contribution >= 0.6 is 0 Å². The number of nitrogens with two attached hydrogens (primary N) is 1. The molecule has 0 saturated heterocycles. The van der Waals surface area contributed by atoms with Gasteiger partial charge in [-0.15, -0.1) is 0 Å². The molecule has 0 bridgehead atoms. The van der Waals surface area contributed by atoms with Crippen molar-refractivity contribution in [2.45, 2.75) is 33.2 Å². The predicted octanol–water partition coefficient (Wildman–Crippen LogP) is 2.53. The highest BCUT2D eigenvalue weighted by Crippen LogP contribution is 2.30. The van der Waals surface area contributed by atoms with Crippen molar-refractivity contribution in [3.05, 3.63) is 17.7 Å². The number of anilines is 2. The van der Waals surface area contributed by atoms with Gasteiger partial charge >= 0.3 is 6.09 Å². The highest BCUT2D eigenvalue weighted by Gasteiger charge is 2.17. The molecule has 0 aromatic heterocycles. The number of hydrogen-bond acceptors (Lipinski definition) is 4. The summed E-state index contributed by atoms with van der Waals surface area (Å²) in [7, 11) is 3.86. The van der Waals surface area contributed by atoms with Crippen molar-refractivity contribution in [2.24, 2.45) is 0 Å². The Balaban J connectivity index is 2.95. The Labute approximate surface area is 114 Å². The number of rotatable bonds is 2. The van der Waals surface area contributed by atoms with Gasteiger partial charge in [0.2, 0.25) is 0 Å². The van der Waals surface area contributed by atoms with Crippen LogP contribution in [0.3, 0.4) is 0 Å². The standard InChI is InChI=1S/C14H23N3O2/c1-9-7-10(15)12(8-11(9)17(5)6)19-13(18)16-14(2,3)4/h7-8H,15H2,1-6H3,(H,16,18). The van der Waals surface area contributed by atoms with Gasteiger partial charge in [0.1, 0.15) is 0 Å². The van der Waals surface area contributed by atoms with Crippen LogP contribution in [0.25, 0.3) is 0 Å². The van der Waals surface area contributed by atoms with E-state index in [0.717, 1.165) is 11.3 Å². The van der Waals surface area contributed by atoms with Crippen molar-refractivity contribution >= 4 is 17.5 Å². The summed E-state index contributed by atoms with van der Waals surface area (Å²) in [4.78, 5) is 13.7. The van der Waals surface area contributed by atoms with Crippen molar-refractivity contribution in [3.63, 3.8) is 0 Å². The van der Waals surface area contributed by atoms with Gasteiger partial charge in [-0.2, -0.15) is 0 Å². The molecule has 3 N–H and O–H groups in total. The predicted molar refractivity (Wildman–Crippen MR) is 78.8 cm³/mol. The summed E-state index contributed by atoms with van der Waals surface area (Å²) in [6.45, 7) is 7.62. The molecule has 1 amide bonds. The topological polar surface area (TPSA) is 67.6 Å². The number of hydrogen-bond donors (Lipinski definition) is 2. The van der Waals surface area contributed by atoms with Crippen LogP contribution in [0.4, 0.5) is 16.2 Å². The lowest BCUT2D eigenvalue weighted by molar-refractivity contribution is 0.191. The van der Waals surface area contributed by atoms with E-state index in [4.69, 9.17) is 10.5 Å². The molecule has 1 rings (SSSR count). The number of nitrogens with zero attached hydrogens (tertiary/aromatic N) is 1. The fourth-order valence-electron chi connectivity index (χ4n) is 1.70. The molecule has 5 heteroatoms. The third-order valence-corrected chi connectivity index (χ3v) is 2.49. The molecule has 106 valence electrons. The minimum absolute atomic E-state index is 0.346. The van der Waals surface area contributed by atoms with E-state index < -0.39 is 6.09 Å². The highest BCUT2D eigenvalue weighted by molar-refractivity contribution is 5.75. The first-order valence-electron chi connectivity index (χ1n) is 6.17. The largest absolute Gasteiger partial charge is 0.413 e. The molecule has 0 unspecified atom stereocenters. The van der Waals surface area contributed by atoms with E-state index in [1.54, 1.807) is 12.1 Å². The van der Waals surface area contributed by atoms with Gasteiger partial charge in [-0.3, -0.25) is 0 Å². The Morgan fingerprint density at radius 2 is 1.89 bits per heavy atom. The van der Waals surface area contributed by atoms with E-state index in [-0.39, 0.29) is 5.54 Å². The normalized spacial score (nSPS) is 11.1. The Morgan fingerprint density at radius 3 is 2.37 bits per heavy atom. The van der Waals surface area contributed by atoms with Gasteiger partial charge in [0.25, 0.3) is 0 Å². The number of aryl methyl sites for hydroxylation is 1. The summed E-state index contributed by atoms with van der Waals surface area (Å²) in [6.07, 6.45) is -0.507. The van der Waals surface area contributed by atoms with Crippen LogP contribution in [-0.2, 0) is 0 Å². The summed E-state index contributed by atoms with van der Waals surface area (Å²) < 4.78 is 5.27. The number of amides is 1. The fraction of sp³-hybridized carbons (Fsp3) is 0.500. The quantitative estimate of drug-likeness (QED) is 0.806. The van der Waals surface area contributed by atoms with Gasteiger partial charge in [-0.25, -0.2) is 4.79 Å². The Morgan fingerprint density at radius 1 is 1.32 bits per heavy atom. The third-order valence-electron chi connectivity index (χ3n) is 2.49. The average Bonchev–Trinajstić information content (AvgIpc) is 2.18. The van der Waals surface area contributed by atoms with Crippen LogP contribution in [0.15, 0.2) is 12.1 Å². The van der Waals surface area contributed by atoms with E-state index in [0.29, 0.717) is 11.4 Å². The molecule has 1 aromatic rings. The zero-order valence-electron chi connectivity index (χ0n) is 12.5. The second-order valence-electron chi connectivity index (χ2n) is 5.84. The lowest BCUT2D eigenvalue weighted by Crippen LogP contribution is -2.42. The number of carbonyl (C=O) groups is 1. The van der Waals surface area contributed by atoms with Crippen LogP contribution < -0.4 is 20.7 Å². The average molecular weight is 265 g/mol. The number of carbonyl (C=O) groups excluding carboxylic acids is 1. The monoisotopic (exact) mass is 265 g/mol. The summed E-state index contributed by atoms with van der Waals surface area (Å²) >= 11 is 0. The van der Waals surface area contributed by atoms with Gasteiger partial charge in [0.05, 0.1) is 5.69 Å². The van der Waals surface area contributed by atoms with E-state index in [2.05, 4.69) is 5.32 Å². The molecule has 0 atom stereocenters. The zero-order chi connectivity index (χ0) is 14.8. The lowest BCUT2D eigenvalue weighted by atomic mass is 10.1. The van der Waals surface area contributed by atoms with Gasteiger partial charge < -0.3 is 20.7 Å². The van der Waals surface area contributed by atoms with Crippen LogP contribution in [0.1, 0.15) is 26.3 Å². The molecule has 5 nitrogen and oxygen atoms in total. The maximum absolute atomic E-state index is 11.7. The summed E-state index contributed by atoms with van der Waals surface area (Å²) in [5.74, 6) is 0.371. The maximum Gasteiger partial charge on any atom is 0.413 e. The van der Waals surface area contributed by atoms with E-state index in [1.165, 1.54) is 0 Å². The van der Waals surface area contributed by atoms with Gasteiger partial charge in [0.15, 0.2) is 5.75 Å². The second kappa shape index (κ2) is 5.38. The fourth-order valence-corrected chi connectivity index (χ4v) is 1.70. The first-order chi connectivity index (χ1) is 8.60. The van der Waals surface area contributed by atoms with Gasteiger partial charge in [-0.05, 0) is 39.3 Å². The molecular formula is C14H23N3O2. The third kappa shape index (κ3) is 4.35. The highest BCUT2D eigenvalue weighted by atomic mass is 16.6. The Bertz CT molecular complexity index is 476. The Hall–Kier alpha value is -1.91. The number of nitrogen functional groups attached to an aromatic ring is 1. The molecule has 1 aromatic carbocycles. The van der Waals surface area contributed by atoms with Crippen molar-refractivity contribution in [1.29, 1.82) is 0 Å². The second-order valence-corrected chi connectivity index (χ2v) is 5.84. The van der Waals surface area contributed by atoms with Crippen LogP contribution in [0, 0.1) is 6.92 Å². The summed E-state index contributed by atoms with van der Waals surface area (Å²) in [5, 5.41) is 2.73. The zero-order valence-corrected chi connectivity index (χ0v) is 12.5. The number of ether oxygens (including phenoxy) is 1. The van der Waals surface area contributed by atoms with Crippen molar-refractivity contribution < 1.29 is 9.53 Å². The molecular weight excluding hydrogens is 242 g/mol. The molecule has 0 radical (unpaired) electrons. The molecule has 0 heterocycles. The summed E-state index contributed by atoms with van der Waals surface area (Å²) in [6, 6.07) is 3.57. The number of nitrogens with one attached hydrogen (secondary N) is 1. The molecule has 0 fully saturated rings. The van der Waals surface area contributed by atoms with Crippen LogP contribution in [0.2, 0.25) is 0 Å². The lowest BCUT2D eigenvalue weighted by Gasteiger charge is -2.21. The first kappa shape index (κ1) is 15.1. The van der Waals surface area contributed by atoms with Crippen LogP contribution in [0.5, 0.6) is 5.75 Å². The summed E-state index contributed by atoms with van der Waals surface area (Å²) in [5.41, 5.74) is 7.98. The van der Waals surface area contributed by atoms with E-state index in [1.807, 2.05) is 46.7 Å². The van der Waals surface area contributed by atoms with E-state index in [9.17, 15) is 4.79 Å². The SMILES string of the molecule is Cc1cc(N)c(OC(=O)NC(C)(C)C)cc1N(C)C. The van der Waals surface area contributed by atoms with Crippen LogP contribution in [-0.4, -0.2) is 25.7 Å². The maximum atomic E-state index is 11.7. The van der Waals surface area contributed by atoms with Gasteiger partial charge in [-0.1, -0.05) is 0 Å². The smallest absolute Gasteiger partial charge is 0.408 e. The molecule has 0 aliphatic heterocycles. The molecule has 0 saturated carbocycles. The molecule has 0 aliphatic carbocycles.